The molecular formula is C22H28N3O5+. The molecule has 2 aromatic carbocycles. The van der Waals surface area contributed by atoms with E-state index >= 15 is 0 Å². The average Bonchev–Trinajstić information content (AvgIpc) is 2.74. The highest BCUT2D eigenvalue weighted by Crippen LogP contribution is 2.32. The number of amides is 2. The van der Waals surface area contributed by atoms with Crippen molar-refractivity contribution in [3.8, 4) is 17.2 Å². The van der Waals surface area contributed by atoms with Gasteiger partial charge in [-0.2, -0.15) is 0 Å². The number of benzene rings is 2. The molecule has 0 aliphatic carbocycles. The summed E-state index contributed by atoms with van der Waals surface area (Å²) >= 11 is 0. The molecule has 2 amide bonds. The molecule has 3 N–H and O–H groups in total. The molecule has 0 spiro atoms. The standard InChI is InChI=1S/C22H27N3O5/c1-3-25(14-21(26)23-16-5-8-18(9-6-16)28-4-2)15-22(27)24-17-7-10-19-20(13-17)30-12-11-29-19/h5-10,13H,3-4,11-12,14-15H2,1-2H3,(H,23,26)(H,24,27)/p+1. The van der Waals surface area contributed by atoms with Gasteiger partial charge in [0.1, 0.15) is 19.0 Å². The molecule has 1 aliphatic rings. The number of nitrogens with one attached hydrogen (secondary N) is 3. The number of likely N-dealkylation sites (N-methyl/N-ethyl adjacent to an activating group) is 1. The van der Waals surface area contributed by atoms with Gasteiger partial charge in [-0.25, -0.2) is 0 Å². The van der Waals surface area contributed by atoms with Gasteiger partial charge in [-0.05, 0) is 50.2 Å². The van der Waals surface area contributed by atoms with Crippen molar-refractivity contribution in [3.05, 3.63) is 42.5 Å². The van der Waals surface area contributed by atoms with E-state index in [-0.39, 0.29) is 24.9 Å². The molecule has 0 saturated carbocycles. The van der Waals surface area contributed by atoms with Crippen LogP contribution in [-0.4, -0.2) is 51.3 Å². The average molecular weight is 414 g/mol. The summed E-state index contributed by atoms with van der Waals surface area (Å²) in [5.74, 6) is 1.73. The Morgan fingerprint density at radius 3 is 2.13 bits per heavy atom. The Kier molecular flexibility index (Phi) is 7.51. The van der Waals surface area contributed by atoms with Crippen LogP contribution in [-0.2, 0) is 9.59 Å². The van der Waals surface area contributed by atoms with Crippen LogP contribution in [0.1, 0.15) is 13.8 Å². The van der Waals surface area contributed by atoms with Gasteiger partial charge in [0, 0.05) is 17.4 Å². The maximum atomic E-state index is 12.4. The largest absolute Gasteiger partial charge is 0.494 e. The van der Waals surface area contributed by atoms with Gasteiger partial charge in [-0.1, -0.05) is 0 Å². The normalized spacial score (nSPS) is 13.3. The van der Waals surface area contributed by atoms with Crippen molar-refractivity contribution in [2.75, 3.05) is 50.1 Å². The van der Waals surface area contributed by atoms with Gasteiger partial charge < -0.3 is 29.7 Å². The molecule has 30 heavy (non-hydrogen) atoms. The summed E-state index contributed by atoms with van der Waals surface area (Å²) in [7, 11) is 0. The van der Waals surface area contributed by atoms with Gasteiger partial charge in [0.2, 0.25) is 0 Å². The molecule has 2 aromatic rings. The molecule has 160 valence electrons. The van der Waals surface area contributed by atoms with Gasteiger partial charge in [0.05, 0.1) is 13.2 Å². The van der Waals surface area contributed by atoms with Crippen LogP contribution in [0, 0.1) is 0 Å². The van der Waals surface area contributed by atoms with E-state index in [9.17, 15) is 9.59 Å². The zero-order valence-corrected chi connectivity index (χ0v) is 17.3. The van der Waals surface area contributed by atoms with Crippen molar-refractivity contribution in [1.29, 1.82) is 0 Å². The van der Waals surface area contributed by atoms with Gasteiger partial charge in [0.15, 0.2) is 24.6 Å². The van der Waals surface area contributed by atoms with Gasteiger partial charge in [-0.15, -0.1) is 0 Å². The molecule has 0 bridgehead atoms. The first kappa shape index (κ1) is 21.4. The Bertz CT molecular complexity index is 870. The Balaban J connectivity index is 1.49. The first-order chi connectivity index (χ1) is 14.6. The minimum atomic E-state index is -0.169. The lowest BCUT2D eigenvalue weighted by Crippen LogP contribution is -3.13. The topological polar surface area (TPSA) is 90.3 Å². The van der Waals surface area contributed by atoms with Crippen LogP contribution in [0.3, 0.4) is 0 Å². The third kappa shape index (κ3) is 6.12. The lowest BCUT2D eigenvalue weighted by atomic mass is 10.2. The maximum Gasteiger partial charge on any atom is 0.279 e. The summed E-state index contributed by atoms with van der Waals surface area (Å²) in [4.78, 5) is 25.7. The smallest absolute Gasteiger partial charge is 0.279 e. The number of hydrogen-bond acceptors (Lipinski definition) is 5. The fourth-order valence-corrected chi connectivity index (χ4v) is 3.10. The van der Waals surface area contributed by atoms with Crippen molar-refractivity contribution in [2.24, 2.45) is 0 Å². The fourth-order valence-electron chi connectivity index (χ4n) is 3.10. The second-order valence-electron chi connectivity index (χ2n) is 6.87. The van der Waals surface area contributed by atoms with Crippen LogP contribution < -0.4 is 29.7 Å². The monoisotopic (exact) mass is 414 g/mol. The van der Waals surface area contributed by atoms with Gasteiger partial charge >= 0.3 is 0 Å². The van der Waals surface area contributed by atoms with Crippen LogP contribution in [0.4, 0.5) is 11.4 Å². The number of carbonyl (C=O) groups is 2. The minimum Gasteiger partial charge on any atom is -0.494 e. The van der Waals surface area contributed by atoms with Crippen molar-refractivity contribution in [1.82, 2.24) is 0 Å². The zero-order valence-electron chi connectivity index (χ0n) is 17.3. The van der Waals surface area contributed by atoms with E-state index in [4.69, 9.17) is 14.2 Å². The summed E-state index contributed by atoms with van der Waals surface area (Å²) in [6.07, 6.45) is 0. The second-order valence-corrected chi connectivity index (χ2v) is 6.87. The van der Waals surface area contributed by atoms with E-state index < -0.39 is 0 Å². The predicted molar refractivity (Wildman–Crippen MR) is 114 cm³/mol. The number of rotatable bonds is 9. The third-order valence-electron chi connectivity index (χ3n) is 4.60. The molecule has 0 saturated heterocycles. The molecule has 1 heterocycles. The Morgan fingerprint density at radius 1 is 0.900 bits per heavy atom. The molecule has 8 heteroatoms. The first-order valence-corrected chi connectivity index (χ1v) is 10.1. The number of ether oxygens (including phenoxy) is 3. The highest BCUT2D eigenvalue weighted by molar-refractivity contribution is 5.93. The molecule has 0 aromatic heterocycles. The molecule has 0 radical (unpaired) electrons. The number of quaternary nitrogens is 1. The van der Waals surface area contributed by atoms with E-state index in [2.05, 4.69) is 10.6 Å². The maximum absolute atomic E-state index is 12.4. The van der Waals surface area contributed by atoms with Crippen molar-refractivity contribution < 1.29 is 28.7 Å². The van der Waals surface area contributed by atoms with Crippen LogP contribution in [0.5, 0.6) is 17.2 Å². The fraction of sp³-hybridized carbons (Fsp3) is 0.364. The highest BCUT2D eigenvalue weighted by Gasteiger charge is 2.18. The predicted octanol–water partition coefficient (Wildman–Crippen LogP) is 1.34. The van der Waals surface area contributed by atoms with E-state index in [1.54, 1.807) is 30.3 Å². The van der Waals surface area contributed by atoms with Crippen molar-refractivity contribution >= 4 is 23.2 Å². The molecule has 3 rings (SSSR count). The summed E-state index contributed by atoms with van der Waals surface area (Å²) in [6, 6.07) is 12.5. The Morgan fingerprint density at radius 2 is 1.50 bits per heavy atom. The van der Waals surface area contributed by atoms with Gasteiger partial charge in [0.25, 0.3) is 11.8 Å². The van der Waals surface area contributed by atoms with Crippen molar-refractivity contribution in [2.45, 2.75) is 13.8 Å². The SMILES string of the molecule is CCOc1ccc(NC(=O)C[NH+](CC)CC(=O)Nc2ccc3c(c2)OCCO3)cc1. The zero-order chi connectivity index (χ0) is 21.3. The molecular weight excluding hydrogens is 386 g/mol. The third-order valence-corrected chi connectivity index (χ3v) is 4.60. The second kappa shape index (κ2) is 10.5. The van der Waals surface area contributed by atoms with Gasteiger partial charge in [-0.3, -0.25) is 9.59 Å². The van der Waals surface area contributed by atoms with Crippen LogP contribution >= 0.6 is 0 Å². The molecule has 0 fully saturated rings. The van der Waals surface area contributed by atoms with Crippen LogP contribution in [0.25, 0.3) is 0 Å². The molecule has 1 unspecified atom stereocenters. The number of hydrogen-bond donors (Lipinski definition) is 3. The lowest BCUT2D eigenvalue weighted by Gasteiger charge is -2.20. The van der Waals surface area contributed by atoms with Crippen LogP contribution in [0.2, 0.25) is 0 Å². The highest BCUT2D eigenvalue weighted by atomic mass is 16.6. The quantitative estimate of drug-likeness (QED) is 0.576. The molecule has 1 aliphatic heterocycles. The summed E-state index contributed by atoms with van der Waals surface area (Å²) in [5.41, 5.74) is 1.33. The van der Waals surface area contributed by atoms with E-state index in [0.717, 1.165) is 10.6 Å². The lowest BCUT2D eigenvalue weighted by molar-refractivity contribution is -0.881. The minimum absolute atomic E-state index is 0.150. The summed E-state index contributed by atoms with van der Waals surface area (Å²) in [6.45, 7) is 6.48. The molecule has 8 nitrogen and oxygen atoms in total. The molecule has 1 atom stereocenters. The summed E-state index contributed by atoms with van der Waals surface area (Å²) in [5, 5.41) is 5.71. The van der Waals surface area contributed by atoms with Crippen molar-refractivity contribution in [3.63, 3.8) is 0 Å². The van der Waals surface area contributed by atoms with E-state index in [1.165, 1.54) is 0 Å². The van der Waals surface area contributed by atoms with E-state index in [1.807, 2.05) is 26.0 Å². The van der Waals surface area contributed by atoms with E-state index in [0.29, 0.717) is 49.2 Å². The first-order valence-electron chi connectivity index (χ1n) is 10.1. The number of carbonyl (C=O) groups excluding carboxylic acids is 2. The Labute approximate surface area is 176 Å². The number of fused-ring (bicyclic) bond motifs is 1. The summed E-state index contributed by atoms with van der Waals surface area (Å²) < 4.78 is 16.4. The number of anilines is 2. The Hall–Kier alpha value is -3.26. The van der Waals surface area contributed by atoms with Crippen LogP contribution in [0.15, 0.2) is 42.5 Å².